The van der Waals surface area contributed by atoms with E-state index in [1.54, 1.807) is 0 Å². The van der Waals surface area contributed by atoms with Gasteiger partial charge in [-0.05, 0) is 6.42 Å². The van der Waals surface area contributed by atoms with Crippen molar-refractivity contribution < 1.29 is 40.1 Å². The molecule has 0 spiro atoms. The minimum Gasteiger partial charge on any atom is -0.465 e. The Kier molecular flexibility index (Phi) is 8.84. The van der Waals surface area contributed by atoms with Crippen LogP contribution in [0.1, 0.15) is 39.0 Å². The van der Waals surface area contributed by atoms with Gasteiger partial charge >= 0.3 is 16.1 Å². The summed E-state index contributed by atoms with van der Waals surface area (Å²) in [5.74, 6) is -10.0. The molecule has 1 rings (SSSR count). The molecule has 0 aromatic heterocycles. The highest BCUT2D eigenvalue weighted by molar-refractivity contribution is 8.00. The normalized spacial score (nSPS) is 11.6. The Bertz CT molecular complexity index is 724. The standard InChI is InChI=1S/C15H18F4O5S2/c1-2-3-4-5-6-7-24-9(20)8-25-14-10(16)12(18)15(26(21,22)23)13(19)11(14)17/h2-8H2,1H3,(H,21,22,23). The highest BCUT2D eigenvalue weighted by Crippen LogP contribution is 2.33. The molecule has 0 atom stereocenters. The molecule has 148 valence electrons. The van der Waals surface area contributed by atoms with E-state index in [0.717, 1.165) is 25.7 Å². The third-order valence-electron chi connectivity index (χ3n) is 3.29. The summed E-state index contributed by atoms with van der Waals surface area (Å²) in [4.78, 5) is 8.18. The third-order valence-corrected chi connectivity index (χ3v) is 5.19. The van der Waals surface area contributed by atoms with Crippen molar-refractivity contribution in [3.05, 3.63) is 23.3 Å². The average molecular weight is 418 g/mol. The zero-order valence-corrected chi connectivity index (χ0v) is 15.5. The number of ether oxygens (including phenoxy) is 1. The summed E-state index contributed by atoms with van der Waals surface area (Å²) < 4.78 is 90.0. The number of esters is 1. The maximum absolute atomic E-state index is 13.8. The fourth-order valence-corrected chi connectivity index (χ4v) is 3.42. The maximum atomic E-state index is 13.8. The minimum absolute atomic E-state index is 0.110. The van der Waals surface area contributed by atoms with E-state index in [1.165, 1.54) is 0 Å². The lowest BCUT2D eigenvalue weighted by Gasteiger charge is -2.10. The number of thioether (sulfide) groups is 1. The lowest BCUT2D eigenvalue weighted by molar-refractivity contribution is -0.140. The number of halogens is 4. The van der Waals surface area contributed by atoms with Crippen molar-refractivity contribution in [1.82, 2.24) is 0 Å². The second-order valence-electron chi connectivity index (χ2n) is 5.31. The first-order chi connectivity index (χ1) is 12.1. The van der Waals surface area contributed by atoms with Crippen LogP contribution in [0.25, 0.3) is 0 Å². The largest absolute Gasteiger partial charge is 0.465 e. The average Bonchev–Trinajstić information content (AvgIpc) is 2.55. The van der Waals surface area contributed by atoms with Crippen LogP contribution >= 0.6 is 11.8 Å². The smallest absolute Gasteiger partial charge is 0.316 e. The van der Waals surface area contributed by atoms with Gasteiger partial charge in [-0.2, -0.15) is 8.42 Å². The van der Waals surface area contributed by atoms with Crippen molar-refractivity contribution in [3.63, 3.8) is 0 Å². The van der Waals surface area contributed by atoms with Gasteiger partial charge in [-0.3, -0.25) is 9.35 Å². The second kappa shape index (κ2) is 10.1. The predicted octanol–water partition coefficient (Wildman–Crippen LogP) is 4.10. The van der Waals surface area contributed by atoms with Gasteiger partial charge in [-0.25, -0.2) is 17.6 Å². The molecule has 0 aliphatic heterocycles. The summed E-state index contributed by atoms with van der Waals surface area (Å²) in [6.45, 7) is 2.15. The first-order valence-electron chi connectivity index (χ1n) is 7.73. The van der Waals surface area contributed by atoms with Crippen LogP contribution in [0.15, 0.2) is 9.79 Å². The van der Waals surface area contributed by atoms with Crippen LogP contribution in [0.3, 0.4) is 0 Å². The van der Waals surface area contributed by atoms with Crippen LogP contribution in [-0.2, 0) is 19.6 Å². The summed E-state index contributed by atoms with van der Waals surface area (Å²) in [6, 6.07) is 0. The van der Waals surface area contributed by atoms with Gasteiger partial charge in [0, 0.05) is 0 Å². The molecule has 0 aliphatic carbocycles. The highest BCUT2D eigenvalue weighted by Gasteiger charge is 2.32. The van der Waals surface area contributed by atoms with Crippen molar-refractivity contribution >= 4 is 27.8 Å². The van der Waals surface area contributed by atoms with Gasteiger partial charge in [-0.15, -0.1) is 11.8 Å². The Morgan fingerprint density at radius 2 is 1.54 bits per heavy atom. The molecule has 0 saturated heterocycles. The molecule has 0 heterocycles. The molecule has 26 heavy (non-hydrogen) atoms. The maximum Gasteiger partial charge on any atom is 0.316 e. The molecule has 11 heteroatoms. The van der Waals surface area contributed by atoms with E-state index in [-0.39, 0.29) is 18.4 Å². The van der Waals surface area contributed by atoms with Crippen molar-refractivity contribution in [1.29, 1.82) is 0 Å². The molecule has 0 unspecified atom stereocenters. The van der Waals surface area contributed by atoms with Gasteiger partial charge in [0.15, 0.2) is 28.2 Å². The molecule has 0 radical (unpaired) electrons. The lowest BCUT2D eigenvalue weighted by atomic mass is 10.2. The third kappa shape index (κ3) is 6.13. The van der Waals surface area contributed by atoms with Crippen molar-refractivity contribution in [2.45, 2.75) is 48.8 Å². The predicted molar refractivity (Wildman–Crippen MR) is 86.5 cm³/mol. The van der Waals surface area contributed by atoms with Crippen LogP contribution in [0.2, 0.25) is 0 Å². The fraction of sp³-hybridized carbons (Fsp3) is 0.533. The molecule has 1 aromatic carbocycles. The number of hydrogen-bond acceptors (Lipinski definition) is 5. The summed E-state index contributed by atoms with van der Waals surface area (Å²) in [6.07, 6.45) is 4.56. The van der Waals surface area contributed by atoms with Gasteiger partial charge in [0.25, 0.3) is 0 Å². The van der Waals surface area contributed by atoms with E-state index in [4.69, 9.17) is 9.29 Å². The van der Waals surface area contributed by atoms with Crippen LogP contribution in [0.5, 0.6) is 0 Å². The molecule has 0 saturated carbocycles. The minimum atomic E-state index is -5.51. The molecule has 0 amide bonds. The van der Waals surface area contributed by atoms with Gasteiger partial charge in [0.1, 0.15) is 0 Å². The van der Waals surface area contributed by atoms with Gasteiger partial charge in [-0.1, -0.05) is 32.6 Å². The first kappa shape index (κ1) is 22.7. The van der Waals surface area contributed by atoms with E-state index >= 15 is 0 Å². The van der Waals surface area contributed by atoms with E-state index in [0.29, 0.717) is 6.42 Å². The van der Waals surface area contributed by atoms with E-state index in [9.17, 15) is 30.8 Å². The van der Waals surface area contributed by atoms with Crippen LogP contribution < -0.4 is 0 Å². The summed E-state index contributed by atoms with van der Waals surface area (Å²) in [5.41, 5.74) is 0. The van der Waals surface area contributed by atoms with E-state index < -0.39 is 54.9 Å². The zero-order valence-electron chi connectivity index (χ0n) is 13.9. The monoisotopic (exact) mass is 418 g/mol. The molecule has 0 aliphatic rings. The summed E-state index contributed by atoms with van der Waals surface area (Å²) in [7, 11) is -5.51. The second-order valence-corrected chi connectivity index (χ2v) is 7.66. The fourth-order valence-electron chi connectivity index (χ4n) is 2.01. The van der Waals surface area contributed by atoms with Crippen LogP contribution in [-0.4, -0.2) is 31.3 Å². The Morgan fingerprint density at radius 3 is 2.04 bits per heavy atom. The SMILES string of the molecule is CCCCCCCOC(=O)CSc1c(F)c(F)c(S(=O)(=O)O)c(F)c1F. The lowest BCUT2D eigenvalue weighted by Crippen LogP contribution is -2.13. The van der Waals surface area contributed by atoms with E-state index in [2.05, 4.69) is 0 Å². The number of carbonyl (C=O) groups excluding carboxylic acids is 1. The number of rotatable bonds is 10. The Balaban J connectivity index is 2.73. The van der Waals surface area contributed by atoms with Crippen molar-refractivity contribution in [3.8, 4) is 0 Å². The molecule has 1 N–H and O–H groups in total. The first-order valence-corrected chi connectivity index (χ1v) is 10.2. The molecule has 1 aromatic rings. The summed E-state index contributed by atoms with van der Waals surface area (Å²) >= 11 is 0.120. The van der Waals surface area contributed by atoms with Gasteiger partial charge < -0.3 is 4.74 Å². The van der Waals surface area contributed by atoms with E-state index in [1.807, 2.05) is 6.92 Å². The van der Waals surface area contributed by atoms with Crippen LogP contribution in [0.4, 0.5) is 17.6 Å². The van der Waals surface area contributed by atoms with Gasteiger partial charge in [0.05, 0.1) is 17.3 Å². The molecular weight excluding hydrogens is 400 g/mol. The molecule has 5 nitrogen and oxygen atoms in total. The molecular formula is C15H18F4O5S2. The van der Waals surface area contributed by atoms with Crippen molar-refractivity contribution in [2.75, 3.05) is 12.4 Å². The number of hydrogen-bond donors (Lipinski definition) is 1. The number of carbonyl (C=O) groups is 1. The topological polar surface area (TPSA) is 80.7 Å². The summed E-state index contributed by atoms with van der Waals surface area (Å²) in [5, 5.41) is 0. The molecule has 0 bridgehead atoms. The highest BCUT2D eigenvalue weighted by atomic mass is 32.2. The van der Waals surface area contributed by atoms with Gasteiger partial charge in [0.2, 0.25) is 0 Å². The van der Waals surface area contributed by atoms with Crippen LogP contribution in [0, 0.1) is 23.3 Å². The Hall–Kier alpha value is -1.33. The zero-order chi connectivity index (χ0) is 19.9. The quantitative estimate of drug-likeness (QED) is 0.154. The van der Waals surface area contributed by atoms with Crippen molar-refractivity contribution in [2.24, 2.45) is 0 Å². The Labute approximate surface area is 152 Å². The number of unbranched alkanes of at least 4 members (excludes halogenated alkanes) is 4. The molecule has 0 fully saturated rings. The Morgan fingerprint density at radius 1 is 1.00 bits per heavy atom. The number of benzene rings is 1.